The number of aryl methyl sites for hydroxylation is 1. The Morgan fingerprint density at radius 2 is 2.00 bits per heavy atom. The van der Waals surface area contributed by atoms with Crippen LogP contribution in [0.2, 0.25) is 10.0 Å². The third-order valence-corrected chi connectivity index (χ3v) is 3.48. The molecule has 7 heteroatoms. The molecule has 5 nitrogen and oxygen atoms in total. The molecule has 0 amide bonds. The van der Waals surface area contributed by atoms with E-state index in [0.717, 1.165) is 13.0 Å². The Balaban J connectivity index is 2.22. The van der Waals surface area contributed by atoms with Crippen LogP contribution in [0.1, 0.15) is 29.5 Å². The van der Waals surface area contributed by atoms with Crippen LogP contribution in [0.15, 0.2) is 18.5 Å². The van der Waals surface area contributed by atoms with Gasteiger partial charge in [-0.1, -0.05) is 30.1 Å². The topological polar surface area (TPSA) is 73.8 Å². The fraction of sp³-hybridized carbons (Fsp3) is 0.308. The molecule has 2 N–H and O–H groups in total. The summed E-state index contributed by atoms with van der Waals surface area (Å²) in [4.78, 5) is 16.3. The molecule has 1 heterocycles. The zero-order chi connectivity index (χ0) is 14.7. The molecule has 0 saturated carbocycles. The second kappa shape index (κ2) is 6.24. The number of benzene rings is 1. The summed E-state index contributed by atoms with van der Waals surface area (Å²) in [7, 11) is 0. The average Bonchev–Trinajstić information content (AvgIpc) is 2.83. The molecule has 0 atom stereocenters. The van der Waals surface area contributed by atoms with Gasteiger partial charge < -0.3 is 5.73 Å². The molecule has 0 aliphatic carbocycles. The van der Waals surface area contributed by atoms with Gasteiger partial charge in [-0.25, -0.2) is 9.67 Å². The van der Waals surface area contributed by atoms with Crippen molar-refractivity contribution in [1.29, 1.82) is 0 Å². The van der Waals surface area contributed by atoms with Gasteiger partial charge in [-0.3, -0.25) is 4.79 Å². The Hall–Kier alpha value is -1.59. The highest BCUT2D eigenvalue weighted by Crippen LogP contribution is 2.29. The summed E-state index contributed by atoms with van der Waals surface area (Å²) in [6.45, 7) is 2.76. The quantitative estimate of drug-likeness (QED) is 0.680. The number of Topliss-reactive ketones (excluding diaryl/α,β-unsaturated/α-hetero) is 1. The van der Waals surface area contributed by atoms with Crippen molar-refractivity contribution in [2.24, 2.45) is 0 Å². The fourth-order valence-corrected chi connectivity index (χ4v) is 2.30. The first-order valence-electron chi connectivity index (χ1n) is 6.17. The minimum atomic E-state index is -0.126. The number of carbonyl (C=O) groups is 1. The van der Waals surface area contributed by atoms with Crippen LogP contribution in [-0.2, 0) is 13.0 Å². The number of nitrogens with two attached hydrogens (primary N) is 1. The molecule has 20 heavy (non-hydrogen) atoms. The minimum Gasteiger partial charge on any atom is -0.396 e. The van der Waals surface area contributed by atoms with E-state index in [1.165, 1.54) is 18.5 Å². The SMILES string of the molecule is CCCn1ncnc1CC(=O)c1cc(Cl)c(N)c(Cl)c1. The molecule has 2 aromatic rings. The second-order valence-corrected chi connectivity index (χ2v) is 5.17. The van der Waals surface area contributed by atoms with Crippen molar-refractivity contribution in [1.82, 2.24) is 14.8 Å². The molecule has 0 saturated heterocycles. The van der Waals surface area contributed by atoms with E-state index in [-0.39, 0.29) is 27.9 Å². The van der Waals surface area contributed by atoms with Crippen LogP contribution in [0, 0.1) is 0 Å². The zero-order valence-electron chi connectivity index (χ0n) is 10.9. The Labute approximate surface area is 126 Å². The normalized spacial score (nSPS) is 10.8. The van der Waals surface area contributed by atoms with Gasteiger partial charge in [0, 0.05) is 12.1 Å². The van der Waals surface area contributed by atoms with E-state index in [1.54, 1.807) is 4.68 Å². The molecule has 0 aliphatic rings. The Morgan fingerprint density at radius 1 is 1.35 bits per heavy atom. The van der Waals surface area contributed by atoms with Crippen LogP contribution >= 0.6 is 23.2 Å². The third kappa shape index (κ3) is 3.11. The zero-order valence-corrected chi connectivity index (χ0v) is 12.4. The molecule has 0 spiro atoms. The number of anilines is 1. The fourth-order valence-electron chi connectivity index (χ4n) is 1.81. The number of hydrogen-bond acceptors (Lipinski definition) is 4. The molecule has 1 aromatic carbocycles. The van der Waals surface area contributed by atoms with Gasteiger partial charge in [0.2, 0.25) is 0 Å². The summed E-state index contributed by atoms with van der Waals surface area (Å²) in [5.74, 6) is 0.500. The summed E-state index contributed by atoms with van der Waals surface area (Å²) in [5, 5.41) is 4.63. The van der Waals surface area contributed by atoms with Crippen molar-refractivity contribution in [3.8, 4) is 0 Å². The van der Waals surface area contributed by atoms with E-state index in [9.17, 15) is 4.79 Å². The smallest absolute Gasteiger partial charge is 0.170 e. The Kier molecular flexibility index (Phi) is 4.62. The van der Waals surface area contributed by atoms with Crippen molar-refractivity contribution in [2.45, 2.75) is 26.3 Å². The largest absolute Gasteiger partial charge is 0.396 e. The van der Waals surface area contributed by atoms with Crippen molar-refractivity contribution in [3.05, 3.63) is 39.9 Å². The van der Waals surface area contributed by atoms with E-state index in [4.69, 9.17) is 28.9 Å². The van der Waals surface area contributed by atoms with Gasteiger partial charge in [0.05, 0.1) is 22.2 Å². The lowest BCUT2D eigenvalue weighted by molar-refractivity contribution is 0.0989. The summed E-state index contributed by atoms with van der Waals surface area (Å²) in [5.41, 5.74) is 6.34. The summed E-state index contributed by atoms with van der Waals surface area (Å²) in [6.07, 6.45) is 2.52. The van der Waals surface area contributed by atoms with Gasteiger partial charge in [0.15, 0.2) is 5.78 Å². The number of hydrogen-bond donors (Lipinski definition) is 1. The molecular weight excluding hydrogens is 299 g/mol. The highest BCUT2D eigenvalue weighted by molar-refractivity contribution is 6.39. The van der Waals surface area contributed by atoms with Crippen molar-refractivity contribution >= 4 is 34.7 Å². The lowest BCUT2D eigenvalue weighted by Gasteiger charge is -2.07. The molecular formula is C13H14Cl2N4O. The second-order valence-electron chi connectivity index (χ2n) is 4.35. The van der Waals surface area contributed by atoms with E-state index in [1.807, 2.05) is 6.92 Å². The van der Waals surface area contributed by atoms with Gasteiger partial charge in [-0.15, -0.1) is 0 Å². The maximum absolute atomic E-state index is 12.2. The summed E-state index contributed by atoms with van der Waals surface area (Å²) in [6, 6.07) is 3.04. The number of rotatable bonds is 5. The molecule has 0 unspecified atom stereocenters. The van der Waals surface area contributed by atoms with E-state index in [2.05, 4.69) is 10.1 Å². The highest BCUT2D eigenvalue weighted by atomic mass is 35.5. The number of nitrogens with zero attached hydrogens (tertiary/aromatic N) is 3. The first-order chi connectivity index (χ1) is 9.52. The highest BCUT2D eigenvalue weighted by Gasteiger charge is 2.15. The van der Waals surface area contributed by atoms with Gasteiger partial charge in [0.25, 0.3) is 0 Å². The van der Waals surface area contributed by atoms with E-state index >= 15 is 0 Å². The van der Waals surface area contributed by atoms with Crippen LogP contribution in [0.5, 0.6) is 0 Å². The van der Waals surface area contributed by atoms with Crippen LogP contribution < -0.4 is 5.73 Å². The molecule has 0 radical (unpaired) electrons. The maximum Gasteiger partial charge on any atom is 0.170 e. The van der Waals surface area contributed by atoms with Crippen molar-refractivity contribution in [2.75, 3.05) is 5.73 Å². The van der Waals surface area contributed by atoms with Gasteiger partial charge in [0.1, 0.15) is 12.2 Å². The van der Waals surface area contributed by atoms with Crippen LogP contribution in [-0.4, -0.2) is 20.5 Å². The minimum absolute atomic E-state index is 0.126. The number of halogens is 2. The lowest BCUT2D eigenvalue weighted by Crippen LogP contribution is -2.12. The van der Waals surface area contributed by atoms with Gasteiger partial charge in [-0.2, -0.15) is 5.10 Å². The molecule has 1 aromatic heterocycles. The number of ketones is 1. The third-order valence-electron chi connectivity index (χ3n) is 2.85. The van der Waals surface area contributed by atoms with Gasteiger partial charge >= 0.3 is 0 Å². The van der Waals surface area contributed by atoms with Crippen LogP contribution in [0.3, 0.4) is 0 Å². The van der Waals surface area contributed by atoms with Gasteiger partial charge in [-0.05, 0) is 18.6 Å². The molecule has 0 aliphatic heterocycles. The number of nitrogen functional groups attached to an aromatic ring is 1. The number of aromatic nitrogens is 3. The summed E-state index contributed by atoms with van der Waals surface area (Å²) < 4.78 is 1.72. The maximum atomic E-state index is 12.2. The first kappa shape index (κ1) is 14.8. The molecule has 106 valence electrons. The van der Waals surface area contributed by atoms with Crippen LogP contribution in [0.25, 0.3) is 0 Å². The number of carbonyl (C=O) groups excluding carboxylic acids is 1. The molecule has 2 rings (SSSR count). The van der Waals surface area contributed by atoms with Crippen LogP contribution in [0.4, 0.5) is 5.69 Å². The van der Waals surface area contributed by atoms with Crippen molar-refractivity contribution < 1.29 is 4.79 Å². The van der Waals surface area contributed by atoms with E-state index in [0.29, 0.717) is 11.4 Å². The standard InChI is InChI=1S/C13H14Cl2N4O/c1-2-3-19-12(17-7-18-19)6-11(20)8-4-9(14)13(16)10(15)5-8/h4-5,7H,2-3,6,16H2,1H3. The molecule has 0 bridgehead atoms. The predicted octanol–water partition coefficient (Wildman–Crippen LogP) is 3.00. The Bertz CT molecular complexity index is 616. The van der Waals surface area contributed by atoms with E-state index < -0.39 is 0 Å². The predicted molar refractivity (Wildman–Crippen MR) is 79.2 cm³/mol. The average molecular weight is 313 g/mol. The summed E-state index contributed by atoms with van der Waals surface area (Å²) >= 11 is 11.9. The van der Waals surface area contributed by atoms with Crippen molar-refractivity contribution in [3.63, 3.8) is 0 Å². The molecule has 0 fully saturated rings. The Morgan fingerprint density at radius 3 is 2.60 bits per heavy atom. The monoisotopic (exact) mass is 312 g/mol. The lowest BCUT2D eigenvalue weighted by atomic mass is 10.1. The first-order valence-corrected chi connectivity index (χ1v) is 6.93.